The predicted octanol–water partition coefficient (Wildman–Crippen LogP) is 2.68. The Morgan fingerprint density at radius 2 is 2.20 bits per heavy atom. The zero-order valence-corrected chi connectivity index (χ0v) is 12.3. The maximum Gasteiger partial charge on any atom is 0.165 e. The molecular formula is C14H18ClN5. The highest BCUT2D eigenvalue weighted by Gasteiger charge is 2.28. The van der Waals surface area contributed by atoms with Gasteiger partial charge in [-0.25, -0.2) is 4.68 Å². The van der Waals surface area contributed by atoms with E-state index in [1.54, 1.807) is 0 Å². The van der Waals surface area contributed by atoms with Crippen LogP contribution < -0.4 is 0 Å². The highest BCUT2D eigenvalue weighted by atomic mass is 35.5. The number of hydrogen-bond acceptors (Lipinski definition) is 4. The van der Waals surface area contributed by atoms with Crippen LogP contribution in [0.1, 0.15) is 37.2 Å². The van der Waals surface area contributed by atoms with Crippen LogP contribution in [0.2, 0.25) is 5.02 Å². The largest absolute Gasteiger partial charge is 0.292 e. The van der Waals surface area contributed by atoms with Crippen molar-refractivity contribution in [1.82, 2.24) is 25.1 Å². The molecule has 0 radical (unpaired) electrons. The molecule has 20 heavy (non-hydrogen) atoms. The Morgan fingerprint density at radius 1 is 1.35 bits per heavy atom. The Morgan fingerprint density at radius 3 is 2.90 bits per heavy atom. The van der Waals surface area contributed by atoms with Gasteiger partial charge >= 0.3 is 0 Å². The highest BCUT2D eigenvalue weighted by molar-refractivity contribution is 6.30. The number of aromatic nitrogens is 4. The molecule has 0 N–H and O–H groups in total. The maximum atomic E-state index is 6.03. The second-order valence-electron chi connectivity index (χ2n) is 5.20. The minimum Gasteiger partial charge on any atom is -0.292 e. The average Bonchev–Trinajstić information content (AvgIpc) is 3.18. The number of nitrogens with zero attached hydrogens (tertiary/aromatic N) is 5. The van der Waals surface area contributed by atoms with Gasteiger partial charge in [0, 0.05) is 11.6 Å². The van der Waals surface area contributed by atoms with Crippen LogP contribution >= 0.6 is 11.6 Å². The Hall–Kier alpha value is -1.46. The third kappa shape index (κ3) is 3.16. The third-order valence-electron chi connectivity index (χ3n) is 3.56. The molecule has 5 nitrogen and oxygen atoms in total. The van der Waals surface area contributed by atoms with Gasteiger partial charge < -0.3 is 0 Å². The van der Waals surface area contributed by atoms with E-state index in [1.165, 1.54) is 18.4 Å². The van der Waals surface area contributed by atoms with E-state index in [0.717, 1.165) is 30.5 Å². The van der Waals surface area contributed by atoms with Crippen molar-refractivity contribution in [2.75, 3.05) is 6.54 Å². The van der Waals surface area contributed by atoms with Crippen molar-refractivity contribution in [2.24, 2.45) is 0 Å². The SMILES string of the molecule is CCN(Cc1cccc(Cl)c1)Cc1nnnn1C1CC1. The maximum absolute atomic E-state index is 6.03. The Kier molecular flexibility index (Phi) is 3.98. The molecule has 1 heterocycles. The van der Waals surface area contributed by atoms with E-state index in [9.17, 15) is 0 Å². The van der Waals surface area contributed by atoms with Crippen LogP contribution in [0, 0.1) is 0 Å². The number of hydrogen-bond donors (Lipinski definition) is 0. The smallest absolute Gasteiger partial charge is 0.165 e. The van der Waals surface area contributed by atoms with Crippen LogP contribution in [0.15, 0.2) is 24.3 Å². The van der Waals surface area contributed by atoms with E-state index in [0.29, 0.717) is 6.04 Å². The quantitative estimate of drug-likeness (QED) is 0.821. The lowest BCUT2D eigenvalue weighted by Gasteiger charge is -2.19. The lowest BCUT2D eigenvalue weighted by atomic mass is 10.2. The van der Waals surface area contributed by atoms with Gasteiger partial charge in [-0.05, 0) is 47.5 Å². The minimum atomic E-state index is 0.518. The zero-order valence-electron chi connectivity index (χ0n) is 11.5. The molecule has 1 aliphatic rings. The number of benzene rings is 1. The van der Waals surface area contributed by atoms with Gasteiger partial charge in [0.1, 0.15) is 0 Å². The molecule has 106 valence electrons. The van der Waals surface area contributed by atoms with Gasteiger partial charge in [-0.15, -0.1) is 5.10 Å². The molecule has 0 aliphatic heterocycles. The Balaban J connectivity index is 1.68. The van der Waals surface area contributed by atoms with E-state index in [4.69, 9.17) is 11.6 Å². The zero-order chi connectivity index (χ0) is 13.9. The molecule has 1 saturated carbocycles. The van der Waals surface area contributed by atoms with E-state index in [2.05, 4.69) is 33.4 Å². The first kappa shape index (κ1) is 13.5. The lowest BCUT2D eigenvalue weighted by Crippen LogP contribution is -2.24. The van der Waals surface area contributed by atoms with E-state index >= 15 is 0 Å². The topological polar surface area (TPSA) is 46.8 Å². The van der Waals surface area contributed by atoms with E-state index in [1.807, 2.05) is 22.9 Å². The van der Waals surface area contributed by atoms with E-state index in [-0.39, 0.29) is 0 Å². The fourth-order valence-electron chi connectivity index (χ4n) is 2.29. The van der Waals surface area contributed by atoms with Crippen LogP contribution in [-0.2, 0) is 13.1 Å². The Bertz CT molecular complexity index is 578. The van der Waals surface area contributed by atoms with Crippen LogP contribution in [0.25, 0.3) is 0 Å². The molecule has 0 atom stereocenters. The van der Waals surface area contributed by atoms with Crippen LogP contribution in [0.4, 0.5) is 0 Å². The molecule has 1 aromatic heterocycles. The van der Waals surface area contributed by atoms with Gasteiger partial charge in [-0.1, -0.05) is 30.7 Å². The molecule has 1 aromatic carbocycles. The van der Waals surface area contributed by atoms with Crippen molar-refractivity contribution in [3.05, 3.63) is 40.7 Å². The van der Waals surface area contributed by atoms with Gasteiger partial charge in [0.05, 0.1) is 12.6 Å². The Labute approximate surface area is 123 Å². The summed E-state index contributed by atoms with van der Waals surface area (Å²) in [7, 11) is 0. The first-order valence-electron chi connectivity index (χ1n) is 7.00. The third-order valence-corrected chi connectivity index (χ3v) is 3.80. The summed E-state index contributed by atoms with van der Waals surface area (Å²) < 4.78 is 1.97. The van der Waals surface area contributed by atoms with Gasteiger partial charge in [-0.3, -0.25) is 4.90 Å². The van der Waals surface area contributed by atoms with Crippen molar-refractivity contribution in [2.45, 2.75) is 38.9 Å². The monoisotopic (exact) mass is 291 g/mol. The molecule has 2 aromatic rings. The molecule has 0 saturated heterocycles. The fourth-order valence-corrected chi connectivity index (χ4v) is 2.51. The van der Waals surface area contributed by atoms with Crippen molar-refractivity contribution >= 4 is 11.6 Å². The van der Waals surface area contributed by atoms with Crippen LogP contribution in [0.3, 0.4) is 0 Å². The molecule has 0 unspecified atom stereocenters. The lowest BCUT2D eigenvalue weighted by molar-refractivity contribution is 0.258. The number of rotatable bonds is 6. The number of halogens is 1. The predicted molar refractivity (Wildman–Crippen MR) is 77.3 cm³/mol. The van der Waals surface area contributed by atoms with Crippen molar-refractivity contribution in [3.8, 4) is 0 Å². The summed E-state index contributed by atoms with van der Waals surface area (Å²) >= 11 is 6.03. The summed E-state index contributed by atoms with van der Waals surface area (Å²) in [6.45, 7) is 4.72. The second kappa shape index (κ2) is 5.89. The van der Waals surface area contributed by atoms with Crippen LogP contribution in [-0.4, -0.2) is 31.7 Å². The summed E-state index contributed by atoms with van der Waals surface area (Å²) in [6, 6.07) is 8.51. The van der Waals surface area contributed by atoms with E-state index < -0.39 is 0 Å². The van der Waals surface area contributed by atoms with Crippen molar-refractivity contribution in [1.29, 1.82) is 0 Å². The highest BCUT2D eigenvalue weighted by Crippen LogP contribution is 2.34. The van der Waals surface area contributed by atoms with Crippen LogP contribution in [0.5, 0.6) is 0 Å². The molecule has 0 amide bonds. The van der Waals surface area contributed by atoms with Gasteiger partial charge in [0.15, 0.2) is 5.82 Å². The van der Waals surface area contributed by atoms with Gasteiger partial charge in [0.2, 0.25) is 0 Å². The summed E-state index contributed by atoms with van der Waals surface area (Å²) in [5.74, 6) is 0.955. The normalized spacial score (nSPS) is 14.9. The first-order valence-corrected chi connectivity index (χ1v) is 7.37. The molecule has 1 aliphatic carbocycles. The average molecular weight is 292 g/mol. The molecule has 1 fully saturated rings. The standard InChI is InChI=1S/C14H18ClN5/c1-2-19(9-11-4-3-5-12(15)8-11)10-14-16-17-18-20(14)13-6-7-13/h3-5,8,13H,2,6-7,9-10H2,1H3. The molecule has 6 heteroatoms. The molecular weight excluding hydrogens is 274 g/mol. The summed E-state index contributed by atoms with van der Waals surface area (Å²) in [5, 5.41) is 12.8. The summed E-state index contributed by atoms with van der Waals surface area (Å²) in [5.41, 5.74) is 1.21. The first-order chi connectivity index (χ1) is 9.76. The fraction of sp³-hybridized carbons (Fsp3) is 0.500. The molecule has 0 bridgehead atoms. The second-order valence-corrected chi connectivity index (χ2v) is 5.64. The molecule has 3 rings (SSSR count). The molecule has 0 spiro atoms. The van der Waals surface area contributed by atoms with Gasteiger partial charge in [-0.2, -0.15) is 0 Å². The summed E-state index contributed by atoms with van der Waals surface area (Å²) in [4.78, 5) is 2.32. The summed E-state index contributed by atoms with van der Waals surface area (Å²) in [6.07, 6.45) is 2.39. The van der Waals surface area contributed by atoms with Gasteiger partial charge in [0.25, 0.3) is 0 Å². The van der Waals surface area contributed by atoms with Crippen molar-refractivity contribution < 1.29 is 0 Å². The van der Waals surface area contributed by atoms with Crippen molar-refractivity contribution in [3.63, 3.8) is 0 Å². The number of tetrazole rings is 1. The minimum absolute atomic E-state index is 0.518.